The van der Waals surface area contributed by atoms with Crippen LogP contribution in [0.4, 0.5) is 0 Å². The molecule has 1 unspecified atom stereocenters. The Morgan fingerprint density at radius 3 is 2.27 bits per heavy atom. The smallest absolute Gasteiger partial charge is 0.307 e. The number of ether oxygens (including phenoxy) is 1. The zero-order chi connectivity index (χ0) is 19.0. The van der Waals surface area contributed by atoms with Gasteiger partial charge in [0.15, 0.2) is 5.78 Å². The van der Waals surface area contributed by atoms with Gasteiger partial charge in [-0.05, 0) is 42.7 Å². The van der Waals surface area contributed by atoms with Gasteiger partial charge in [-0.1, -0.05) is 71.4 Å². The molecule has 2 rings (SSSR count). The fraction of sp³-hybridized carbons (Fsp3) is 0.273. The minimum absolute atomic E-state index is 0.0326. The summed E-state index contributed by atoms with van der Waals surface area (Å²) >= 11 is 3.40. The average molecular weight is 415 g/mol. The fourth-order valence-corrected chi connectivity index (χ4v) is 3.22. The Morgan fingerprint density at radius 1 is 1.04 bits per heavy atom. The molecule has 0 radical (unpaired) electrons. The second-order valence-electron chi connectivity index (χ2n) is 6.03. The first-order valence-corrected chi connectivity index (χ1v) is 9.50. The molecular weight excluding hydrogens is 392 g/mol. The number of carbonyl (C=O) groups is 2. The van der Waals surface area contributed by atoms with Gasteiger partial charge in [0.25, 0.3) is 0 Å². The molecule has 0 aliphatic heterocycles. The van der Waals surface area contributed by atoms with Crippen molar-refractivity contribution in [2.75, 3.05) is 6.61 Å². The second-order valence-corrected chi connectivity index (χ2v) is 6.95. The van der Waals surface area contributed by atoms with E-state index < -0.39 is 5.41 Å². The molecule has 0 saturated heterocycles. The Labute approximate surface area is 163 Å². The van der Waals surface area contributed by atoms with Crippen LogP contribution in [0, 0.1) is 0 Å². The molecule has 0 aliphatic rings. The van der Waals surface area contributed by atoms with Crippen LogP contribution in [0.15, 0.2) is 65.1 Å². The quantitative estimate of drug-likeness (QED) is 0.432. The summed E-state index contributed by atoms with van der Waals surface area (Å²) in [6, 6.07) is 17.2. The summed E-state index contributed by atoms with van der Waals surface area (Å²) in [7, 11) is 0. The van der Waals surface area contributed by atoms with Gasteiger partial charge >= 0.3 is 5.97 Å². The third-order valence-corrected chi connectivity index (χ3v) is 4.98. The van der Waals surface area contributed by atoms with Crippen LogP contribution in [0.2, 0.25) is 0 Å². The highest BCUT2D eigenvalue weighted by atomic mass is 79.9. The Balaban J connectivity index is 2.36. The van der Waals surface area contributed by atoms with Crippen molar-refractivity contribution >= 4 is 33.8 Å². The van der Waals surface area contributed by atoms with Crippen molar-refractivity contribution in [2.45, 2.75) is 32.1 Å². The maximum absolute atomic E-state index is 13.2. The molecule has 2 aromatic carbocycles. The van der Waals surface area contributed by atoms with Gasteiger partial charge in [0, 0.05) is 4.47 Å². The van der Waals surface area contributed by atoms with Gasteiger partial charge in [-0.25, -0.2) is 0 Å². The SMILES string of the molecule is CCOC(=O)CC(CC)(C(=O)C=Cc1ccc(Br)cc1)c1ccccc1. The summed E-state index contributed by atoms with van der Waals surface area (Å²) in [5, 5.41) is 0. The molecular formula is C22H23BrO3. The molecule has 2 aromatic rings. The monoisotopic (exact) mass is 414 g/mol. The maximum Gasteiger partial charge on any atom is 0.307 e. The number of hydrogen-bond acceptors (Lipinski definition) is 3. The highest BCUT2D eigenvalue weighted by Gasteiger charge is 2.39. The normalized spacial score (nSPS) is 13.3. The fourth-order valence-electron chi connectivity index (χ4n) is 2.96. The Morgan fingerprint density at radius 2 is 1.69 bits per heavy atom. The highest BCUT2D eigenvalue weighted by molar-refractivity contribution is 9.10. The van der Waals surface area contributed by atoms with Gasteiger partial charge in [-0.15, -0.1) is 0 Å². The van der Waals surface area contributed by atoms with E-state index in [4.69, 9.17) is 4.74 Å². The number of esters is 1. The van der Waals surface area contributed by atoms with E-state index >= 15 is 0 Å². The molecule has 0 heterocycles. The molecule has 3 nitrogen and oxygen atoms in total. The lowest BCUT2D eigenvalue weighted by Crippen LogP contribution is -2.37. The van der Waals surface area contributed by atoms with Crippen LogP contribution in [0.25, 0.3) is 6.08 Å². The molecule has 0 aliphatic carbocycles. The van der Waals surface area contributed by atoms with E-state index in [0.29, 0.717) is 13.0 Å². The zero-order valence-corrected chi connectivity index (χ0v) is 16.7. The molecule has 136 valence electrons. The number of halogens is 1. The van der Waals surface area contributed by atoms with Crippen molar-refractivity contribution < 1.29 is 14.3 Å². The largest absolute Gasteiger partial charge is 0.466 e. The number of carbonyl (C=O) groups excluding carboxylic acids is 2. The van der Waals surface area contributed by atoms with Crippen molar-refractivity contribution in [1.82, 2.24) is 0 Å². The molecule has 1 atom stereocenters. The summed E-state index contributed by atoms with van der Waals surface area (Å²) in [5.41, 5.74) is 0.844. The summed E-state index contributed by atoms with van der Waals surface area (Å²) < 4.78 is 6.11. The average Bonchev–Trinajstić information content (AvgIpc) is 2.66. The van der Waals surface area contributed by atoms with Crippen LogP contribution >= 0.6 is 15.9 Å². The lowest BCUT2D eigenvalue weighted by atomic mass is 9.71. The van der Waals surface area contributed by atoms with Crippen LogP contribution < -0.4 is 0 Å². The predicted octanol–water partition coefficient (Wildman–Crippen LogP) is 5.33. The molecule has 0 fully saturated rings. The van der Waals surface area contributed by atoms with Crippen LogP contribution in [-0.2, 0) is 19.7 Å². The highest BCUT2D eigenvalue weighted by Crippen LogP contribution is 2.34. The van der Waals surface area contributed by atoms with E-state index in [1.807, 2.05) is 61.5 Å². The lowest BCUT2D eigenvalue weighted by molar-refractivity contribution is -0.146. The van der Waals surface area contributed by atoms with Crippen molar-refractivity contribution in [1.29, 1.82) is 0 Å². The van der Waals surface area contributed by atoms with Gasteiger partial charge in [0.2, 0.25) is 0 Å². The summed E-state index contributed by atoms with van der Waals surface area (Å²) in [4.78, 5) is 25.4. The van der Waals surface area contributed by atoms with Gasteiger partial charge < -0.3 is 4.74 Å². The number of benzene rings is 2. The predicted molar refractivity (Wildman–Crippen MR) is 108 cm³/mol. The molecule has 26 heavy (non-hydrogen) atoms. The minimum atomic E-state index is -0.917. The van der Waals surface area contributed by atoms with Crippen LogP contribution in [0.1, 0.15) is 37.8 Å². The molecule has 0 amide bonds. The molecule has 4 heteroatoms. The van der Waals surface area contributed by atoms with Crippen molar-refractivity contribution in [3.63, 3.8) is 0 Å². The first-order valence-electron chi connectivity index (χ1n) is 8.71. The third-order valence-electron chi connectivity index (χ3n) is 4.45. The standard InChI is InChI=1S/C22H23BrO3/c1-3-22(16-21(25)26-4-2,18-8-6-5-7-9-18)20(24)15-12-17-10-13-19(23)14-11-17/h5-15H,3-4,16H2,1-2H3. The summed E-state index contributed by atoms with van der Waals surface area (Å²) in [6.07, 6.45) is 3.90. The van der Waals surface area contributed by atoms with Gasteiger partial charge in [0.1, 0.15) is 0 Å². The van der Waals surface area contributed by atoms with E-state index in [9.17, 15) is 9.59 Å². The van der Waals surface area contributed by atoms with E-state index in [2.05, 4.69) is 15.9 Å². The van der Waals surface area contributed by atoms with Crippen molar-refractivity contribution in [3.8, 4) is 0 Å². The number of ketones is 1. The zero-order valence-electron chi connectivity index (χ0n) is 15.1. The number of rotatable bonds is 8. The first-order chi connectivity index (χ1) is 12.5. The molecule has 0 bridgehead atoms. The van der Waals surface area contributed by atoms with Crippen molar-refractivity contribution in [2.24, 2.45) is 0 Å². The van der Waals surface area contributed by atoms with E-state index in [1.165, 1.54) is 0 Å². The van der Waals surface area contributed by atoms with Gasteiger partial charge in [-0.2, -0.15) is 0 Å². The summed E-state index contributed by atoms with van der Waals surface area (Å²) in [6.45, 7) is 4.00. The Hall–Kier alpha value is -2.20. The Bertz CT molecular complexity index is 766. The minimum Gasteiger partial charge on any atom is -0.466 e. The molecule has 0 N–H and O–H groups in total. The summed E-state index contributed by atoms with van der Waals surface area (Å²) in [5.74, 6) is -0.453. The number of allylic oxidation sites excluding steroid dienone is 1. The topological polar surface area (TPSA) is 43.4 Å². The van der Waals surface area contributed by atoms with Crippen LogP contribution in [0.3, 0.4) is 0 Å². The van der Waals surface area contributed by atoms with Crippen LogP contribution in [0.5, 0.6) is 0 Å². The molecule has 0 saturated carbocycles. The number of hydrogen-bond donors (Lipinski definition) is 0. The molecule has 0 aromatic heterocycles. The van der Waals surface area contributed by atoms with E-state index in [0.717, 1.165) is 15.6 Å². The van der Waals surface area contributed by atoms with Crippen molar-refractivity contribution in [3.05, 3.63) is 76.3 Å². The van der Waals surface area contributed by atoms with Gasteiger partial charge in [-0.3, -0.25) is 9.59 Å². The lowest BCUT2D eigenvalue weighted by Gasteiger charge is -2.30. The van der Waals surface area contributed by atoms with Gasteiger partial charge in [0.05, 0.1) is 18.4 Å². The first kappa shape index (κ1) is 20.1. The maximum atomic E-state index is 13.2. The Kier molecular flexibility index (Phi) is 7.34. The molecule has 0 spiro atoms. The van der Waals surface area contributed by atoms with E-state index in [-0.39, 0.29) is 18.2 Å². The third kappa shape index (κ3) is 4.92. The van der Waals surface area contributed by atoms with Crippen LogP contribution in [-0.4, -0.2) is 18.4 Å². The second kappa shape index (κ2) is 9.48. The van der Waals surface area contributed by atoms with E-state index in [1.54, 1.807) is 19.1 Å².